The number of nitrogens with one attached hydrogen (secondary N) is 1. The number of anilines is 1. The normalized spacial score (nSPS) is 12.4. The van der Waals surface area contributed by atoms with Gasteiger partial charge in [0.15, 0.2) is 0 Å². The Morgan fingerprint density at radius 1 is 1.29 bits per heavy atom. The van der Waals surface area contributed by atoms with E-state index in [4.69, 9.17) is 17.3 Å². The average molecular weight is 312 g/mol. The first-order chi connectivity index (χ1) is 10.0. The van der Waals surface area contributed by atoms with Crippen LogP contribution in [0.25, 0.3) is 0 Å². The molecule has 1 aromatic heterocycles. The van der Waals surface area contributed by atoms with E-state index in [9.17, 15) is 8.78 Å². The maximum Gasteiger partial charge on any atom is 0.131 e. The van der Waals surface area contributed by atoms with Gasteiger partial charge < -0.3 is 11.1 Å². The van der Waals surface area contributed by atoms with Gasteiger partial charge in [-0.15, -0.1) is 0 Å². The summed E-state index contributed by atoms with van der Waals surface area (Å²) in [6, 6.07) is 4.58. The van der Waals surface area contributed by atoms with Crippen LogP contribution in [0, 0.1) is 11.6 Å². The zero-order valence-electron chi connectivity index (χ0n) is 11.5. The van der Waals surface area contributed by atoms with Crippen molar-refractivity contribution in [2.45, 2.75) is 19.4 Å². The summed E-state index contributed by atoms with van der Waals surface area (Å²) in [4.78, 5) is 3.99. The van der Waals surface area contributed by atoms with E-state index in [0.717, 1.165) is 12.5 Å². The smallest absolute Gasteiger partial charge is 0.131 e. The Balaban J connectivity index is 2.49. The number of nitrogen functional groups attached to an aromatic ring is 1. The van der Waals surface area contributed by atoms with Crippen LogP contribution in [0.4, 0.5) is 14.6 Å². The van der Waals surface area contributed by atoms with Gasteiger partial charge in [-0.1, -0.05) is 24.6 Å². The van der Waals surface area contributed by atoms with Crippen molar-refractivity contribution < 1.29 is 8.78 Å². The van der Waals surface area contributed by atoms with E-state index in [1.54, 1.807) is 6.07 Å². The first kappa shape index (κ1) is 15.7. The van der Waals surface area contributed by atoms with Crippen molar-refractivity contribution >= 4 is 17.4 Å². The van der Waals surface area contributed by atoms with E-state index in [0.29, 0.717) is 22.7 Å². The van der Waals surface area contributed by atoms with Gasteiger partial charge in [0.2, 0.25) is 0 Å². The van der Waals surface area contributed by atoms with Gasteiger partial charge in [-0.2, -0.15) is 0 Å². The van der Waals surface area contributed by atoms with E-state index < -0.39 is 17.7 Å². The second-order valence-corrected chi connectivity index (χ2v) is 5.12. The summed E-state index contributed by atoms with van der Waals surface area (Å²) < 4.78 is 27.2. The highest BCUT2D eigenvalue weighted by atomic mass is 35.5. The third kappa shape index (κ3) is 3.68. The van der Waals surface area contributed by atoms with E-state index in [-0.39, 0.29) is 5.82 Å². The second kappa shape index (κ2) is 6.83. The van der Waals surface area contributed by atoms with Crippen molar-refractivity contribution in [3.05, 3.63) is 58.2 Å². The van der Waals surface area contributed by atoms with Gasteiger partial charge >= 0.3 is 0 Å². The fourth-order valence-electron chi connectivity index (χ4n) is 2.11. The molecule has 0 amide bonds. The molecule has 2 rings (SSSR count). The van der Waals surface area contributed by atoms with E-state index in [1.807, 2.05) is 6.92 Å². The Labute approximate surface area is 127 Å². The zero-order valence-corrected chi connectivity index (χ0v) is 12.3. The maximum absolute atomic E-state index is 14.1. The molecule has 0 aliphatic rings. The van der Waals surface area contributed by atoms with Crippen molar-refractivity contribution in [1.82, 2.24) is 10.3 Å². The maximum atomic E-state index is 14.1. The monoisotopic (exact) mass is 311 g/mol. The van der Waals surface area contributed by atoms with Gasteiger partial charge in [-0.25, -0.2) is 13.8 Å². The predicted octanol–water partition coefficient (Wildman–Crippen LogP) is 3.68. The van der Waals surface area contributed by atoms with Crippen LogP contribution in [0.2, 0.25) is 5.02 Å². The molecule has 21 heavy (non-hydrogen) atoms. The third-order valence-corrected chi connectivity index (χ3v) is 3.31. The molecule has 1 heterocycles. The molecule has 112 valence electrons. The third-order valence-electron chi connectivity index (χ3n) is 3.10. The molecule has 0 spiro atoms. The molecule has 0 bridgehead atoms. The van der Waals surface area contributed by atoms with Crippen molar-refractivity contribution in [2.75, 3.05) is 12.3 Å². The fraction of sp³-hybridized carbons (Fsp3) is 0.267. The molecule has 3 nitrogen and oxygen atoms in total. The highest BCUT2D eigenvalue weighted by molar-refractivity contribution is 6.30. The largest absolute Gasteiger partial charge is 0.383 e. The summed E-state index contributed by atoms with van der Waals surface area (Å²) in [5, 5.41) is 3.60. The van der Waals surface area contributed by atoms with Crippen molar-refractivity contribution in [2.24, 2.45) is 0 Å². The van der Waals surface area contributed by atoms with Crippen molar-refractivity contribution in [3.8, 4) is 0 Å². The summed E-state index contributed by atoms with van der Waals surface area (Å²) in [6.45, 7) is 2.64. The van der Waals surface area contributed by atoms with Gasteiger partial charge in [0.25, 0.3) is 0 Å². The minimum Gasteiger partial charge on any atom is -0.383 e. The molecule has 6 heteroatoms. The highest BCUT2D eigenvalue weighted by Gasteiger charge is 2.21. The summed E-state index contributed by atoms with van der Waals surface area (Å²) in [6.07, 6.45) is 2.28. The molecule has 3 N–H and O–H groups in total. The van der Waals surface area contributed by atoms with Crippen LogP contribution in [-0.2, 0) is 0 Å². The Kier molecular flexibility index (Phi) is 5.09. The summed E-state index contributed by atoms with van der Waals surface area (Å²) in [5.41, 5.74) is 6.75. The minimum absolute atomic E-state index is 0.261. The molecule has 1 aromatic carbocycles. The topological polar surface area (TPSA) is 50.9 Å². The fourth-order valence-corrected chi connectivity index (χ4v) is 2.27. The average Bonchev–Trinajstić information content (AvgIpc) is 2.44. The molecule has 0 radical (unpaired) electrons. The summed E-state index contributed by atoms with van der Waals surface area (Å²) in [5.74, 6) is -0.998. The van der Waals surface area contributed by atoms with Crippen molar-refractivity contribution in [3.63, 3.8) is 0 Å². The van der Waals surface area contributed by atoms with Crippen LogP contribution in [0.1, 0.15) is 30.5 Å². The Hall–Kier alpha value is -1.72. The van der Waals surface area contributed by atoms with E-state index >= 15 is 0 Å². The minimum atomic E-state index is -0.636. The molecule has 0 saturated carbocycles. The van der Waals surface area contributed by atoms with Crippen LogP contribution in [0.5, 0.6) is 0 Å². The first-order valence-corrected chi connectivity index (χ1v) is 7.00. The van der Waals surface area contributed by atoms with Crippen LogP contribution in [-0.4, -0.2) is 11.5 Å². The first-order valence-electron chi connectivity index (χ1n) is 6.62. The van der Waals surface area contributed by atoms with E-state index in [1.165, 1.54) is 18.3 Å². The van der Waals surface area contributed by atoms with Gasteiger partial charge in [0.1, 0.15) is 17.5 Å². The van der Waals surface area contributed by atoms with Gasteiger partial charge in [-0.3, -0.25) is 0 Å². The number of halogens is 3. The number of rotatable bonds is 5. The van der Waals surface area contributed by atoms with Gasteiger partial charge in [-0.05, 0) is 25.1 Å². The Bertz CT molecular complexity index is 634. The molecule has 0 aliphatic carbocycles. The molecule has 0 aliphatic heterocycles. The quantitative estimate of drug-likeness (QED) is 0.885. The standard InChI is InChI=1S/C15H16ClF2N3/c1-2-5-20-14(11-4-3-10(17)7-13(11)18)12-6-9(16)8-21-15(12)19/h3-4,6-8,14,20H,2,5H2,1H3,(H2,19,21). The summed E-state index contributed by atoms with van der Waals surface area (Å²) >= 11 is 5.95. The summed E-state index contributed by atoms with van der Waals surface area (Å²) in [7, 11) is 0. The number of hydrogen-bond donors (Lipinski definition) is 2. The van der Waals surface area contributed by atoms with Crippen LogP contribution < -0.4 is 11.1 Å². The van der Waals surface area contributed by atoms with Crippen LogP contribution >= 0.6 is 11.6 Å². The van der Waals surface area contributed by atoms with Crippen LogP contribution in [0.3, 0.4) is 0 Å². The molecular weight excluding hydrogens is 296 g/mol. The Morgan fingerprint density at radius 2 is 2.05 bits per heavy atom. The number of nitrogens with zero attached hydrogens (tertiary/aromatic N) is 1. The number of hydrogen-bond acceptors (Lipinski definition) is 3. The lowest BCUT2D eigenvalue weighted by molar-refractivity contribution is 0.533. The van der Waals surface area contributed by atoms with E-state index in [2.05, 4.69) is 10.3 Å². The molecule has 0 fully saturated rings. The van der Waals surface area contributed by atoms with Gasteiger partial charge in [0, 0.05) is 23.4 Å². The molecule has 1 atom stereocenters. The lowest BCUT2D eigenvalue weighted by atomic mass is 9.98. The molecule has 1 unspecified atom stereocenters. The highest BCUT2D eigenvalue weighted by Crippen LogP contribution is 2.29. The number of pyridine rings is 1. The van der Waals surface area contributed by atoms with Crippen molar-refractivity contribution in [1.29, 1.82) is 0 Å². The second-order valence-electron chi connectivity index (χ2n) is 4.68. The molecular formula is C15H16ClF2N3. The lowest BCUT2D eigenvalue weighted by Gasteiger charge is -2.21. The number of nitrogens with two attached hydrogens (primary N) is 1. The number of aromatic nitrogens is 1. The number of benzene rings is 1. The lowest BCUT2D eigenvalue weighted by Crippen LogP contribution is -2.25. The Morgan fingerprint density at radius 3 is 2.71 bits per heavy atom. The molecule has 0 saturated heterocycles. The molecule has 2 aromatic rings. The zero-order chi connectivity index (χ0) is 15.4. The predicted molar refractivity (Wildman–Crippen MR) is 80.2 cm³/mol. The van der Waals surface area contributed by atoms with Gasteiger partial charge in [0.05, 0.1) is 11.1 Å². The van der Waals surface area contributed by atoms with Crippen LogP contribution in [0.15, 0.2) is 30.5 Å². The SMILES string of the molecule is CCCNC(c1ccc(F)cc1F)c1cc(Cl)cnc1N.